The third-order valence-corrected chi connectivity index (χ3v) is 8.82. The number of hydrogen-bond donors (Lipinski definition) is 2. The van der Waals surface area contributed by atoms with Gasteiger partial charge in [0.05, 0.1) is 48.6 Å². The van der Waals surface area contributed by atoms with E-state index in [0.717, 1.165) is 12.1 Å². The Morgan fingerprint density at radius 3 is 2.23 bits per heavy atom. The lowest BCUT2D eigenvalue weighted by molar-refractivity contribution is -0.130. The first-order valence-corrected chi connectivity index (χ1v) is 15.1. The first-order valence-electron chi connectivity index (χ1n) is 12.6. The standard InChI is InChI=1S/C28H26N4O9S2/c1-15-29-21-10-9-19(43(36,37)38)13-20(21)27(35)31(15)18-7-5-16(6-8-18)26(34)30-32-24(33)14-42-28(32)17-11-22(39-2)25(41-4)23(12-17)40-3/h5-13,28H,14H2,1-4H3,(H,30,34)(H,36,37,38). The van der Waals surface area contributed by atoms with Crippen molar-refractivity contribution in [1.29, 1.82) is 0 Å². The van der Waals surface area contributed by atoms with Gasteiger partial charge in [0.2, 0.25) is 5.75 Å². The van der Waals surface area contributed by atoms with Crippen LogP contribution in [-0.4, -0.2) is 66.4 Å². The molecule has 2 amide bonds. The Morgan fingerprint density at radius 1 is 1.00 bits per heavy atom. The van der Waals surface area contributed by atoms with Gasteiger partial charge in [-0.05, 0) is 67.1 Å². The molecule has 13 nitrogen and oxygen atoms in total. The number of rotatable bonds is 8. The average Bonchev–Trinajstić information content (AvgIpc) is 3.35. The van der Waals surface area contributed by atoms with Gasteiger partial charge in [-0.15, -0.1) is 11.8 Å². The van der Waals surface area contributed by atoms with Crippen LogP contribution in [0.2, 0.25) is 0 Å². The number of nitrogens with zero attached hydrogens (tertiary/aromatic N) is 3. The molecule has 0 aliphatic carbocycles. The minimum Gasteiger partial charge on any atom is -0.493 e. The number of ether oxygens (including phenoxy) is 3. The van der Waals surface area contributed by atoms with Gasteiger partial charge in [-0.2, -0.15) is 8.42 Å². The summed E-state index contributed by atoms with van der Waals surface area (Å²) in [5, 5.41) is 0.670. The number of methoxy groups -OCH3 is 3. The number of aromatic nitrogens is 2. The predicted octanol–water partition coefficient (Wildman–Crippen LogP) is 2.89. The van der Waals surface area contributed by atoms with Crippen LogP contribution in [0.5, 0.6) is 17.2 Å². The minimum atomic E-state index is -4.53. The molecule has 43 heavy (non-hydrogen) atoms. The fourth-order valence-corrected chi connectivity index (χ4v) is 6.31. The van der Waals surface area contributed by atoms with Crippen LogP contribution < -0.4 is 25.2 Å². The molecule has 15 heteroatoms. The highest BCUT2D eigenvalue weighted by atomic mass is 32.2. The molecule has 2 heterocycles. The Labute approximate surface area is 250 Å². The van der Waals surface area contributed by atoms with Crippen molar-refractivity contribution in [2.24, 2.45) is 0 Å². The number of carbonyl (C=O) groups is 2. The summed E-state index contributed by atoms with van der Waals surface area (Å²) < 4.78 is 50.1. The molecule has 2 N–H and O–H groups in total. The van der Waals surface area contributed by atoms with Crippen LogP contribution in [0.3, 0.4) is 0 Å². The molecule has 0 bridgehead atoms. The van der Waals surface area contributed by atoms with E-state index in [9.17, 15) is 27.4 Å². The van der Waals surface area contributed by atoms with Gasteiger partial charge in [-0.1, -0.05) is 0 Å². The van der Waals surface area contributed by atoms with Crippen molar-refractivity contribution in [2.75, 3.05) is 27.1 Å². The van der Waals surface area contributed by atoms with Crippen molar-refractivity contribution in [3.63, 3.8) is 0 Å². The SMILES string of the molecule is COc1cc(C2SCC(=O)N2NC(=O)c2ccc(-n3c(C)nc4ccc(S(=O)(=O)O)cc4c3=O)cc2)cc(OC)c1OC. The van der Waals surface area contributed by atoms with E-state index in [1.165, 1.54) is 73.0 Å². The molecule has 3 aromatic carbocycles. The normalized spacial score (nSPS) is 15.0. The number of hydrogen-bond acceptors (Lipinski definition) is 10. The monoisotopic (exact) mass is 626 g/mol. The number of amides is 2. The van der Waals surface area contributed by atoms with Gasteiger partial charge < -0.3 is 14.2 Å². The lowest BCUT2D eigenvalue weighted by Gasteiger charge is -2.25. The van der Waals surface area contributed by atoms with E-state index in [1.807, 2.05) is 0 Å². The summed E-state index contributed by atoms with van der Waals surface area (Å²) in [4.78, 5) is 43.2. The molecule has 4 aromatic rings. The van der Waals surface area contributed by atoms with E-state index < -0.39 is 31.9 Å². The zero-order valence-corrected chi connectivity index (χ0v) is 25.0. The lowest BCUT2D eigenvalue weighted by atomic mass is 10.1. The van der Waals surface area contributed by atoms with Crippen LogP contribution in [-0.2, 0) is 14.9 Å². The summed E-state index contributed by atoms with van der Waals surface area (Å²) in [7, 11) is -0.0748. The molecule has 224 valence electrons. The molecule has 1 unspecified atom stereocenters. The molecular formula is C28H26N4O9S2. The maximum absolute atomic E-state index is 13.3. The Morgan fingerprint density at radius 2 is 1.65 bits per heavy atom. The molecule has 1 atom stereocenters. The van der Waals surface area contributed by atoms with Crippen LogP contribution in [0.4, 0.5) is 0 Å². The van der Waals surface area contributed by atoms with Gasteiger partial charge in [0, 0.05) is 5.56 Å². The number of benzene rings is 3. The summed E-state index contributed by atoms with van der Waals surface area (Å²) in [6.07, 6.45) is 0. The number of aryl methyl sites for hydroxylation is 1. The fourth-order valence-electron chi connectivity index (χ4n) is 4.71. The summed E-state index contributed by atoms with van der Waals surface area (Å²) >= 11 is 1.32. The molecule has 1 aromatic heterocycles. The van der Waals surface area contributed by atoms with Gasteiger partial charge in [0.25, 0.3) is 27.5 Å². The zero-order valence-electron chi connectivity index (χ0n) is 23.4. The topological polar surface area (TPSA) is 166 Å². The molecule has 1 aliphatic heterocycles. The molecule has 1 saturated heterocycles. The van der Waals surface area contributed by atoms with Gasteiger partial charge >= 0.3 is 0 Å². The number of hydrazine groups is 1. The zero-order chi connectivity index (χ0) is 31.1. The van der Waals surface area contributed by atoms with Crippen molar-refractivity contribution in [3.8, 4) is 22.9 Å². The van der Waals surface area contributed by atoms with Crippen LogP contribution in [0.1, 0.15) is 27.1 Å². The molecule has 0 spiro atoms. The van der Waals surface area contributed by atoms with E-state index in [4.69, 9.17) is 14.2 Å². The second kappa shape index (κ2) is 11.6. The number of carbonyl (C=O) groups excluding carboxylic acids is 2. The highest BCUT2D eigenvalue weighted by molar-refractivity contribution is 8.00. The molecule has 0 radical (unpaired) electrons. The Balaban J connectivity index is 1.42. The quantitative estimate of drug-likeness (QED) is 0.276. The van der Waals surface area contributed by atoms with Crippen molar-refractivity contribution in [1.82, 2.24) is 20.0 Å². The van der Waals surface area contributed by atoms with E-state index in [1.54, 1.807) is 19.1 Å². The van der Waals surface area contributed by atoms with Crippen LogP contribution >= 0.6 is 11.8 Å². The highest BCUT2D eigenvalue weighted by Gasteiger charge is 2.36. The van der Waals surface area contributed by atoms with Crippen LogP contribution in [0.15, 0.2) is 64.3 Å². The Bertz CT molecular complexity index is 1900. The molecular weight excluding hydrogens is 600 g/mol. The first kappa shape index (κ1) is 29.9. The Hall–Kier alpha value is -4.60. The Kier molecular flexibility index (Phi) is 8.05. The van der Waals surface area contributed by atoms with E-state index in [-0.39, 0.29) is 28.1 Å². The summed E-state index contributed by atoms with van der Waals surface area (Å²) in [5.74, 6) is 0.802. The summed E-state index contributed by atoms with van der Waals surface area (Å²) in [6.45, 7) is 1.61. The van der Waals surface area contributed by atoms with Crippen molar-refractivity contribution in [2.45, 2.75) is 17.2 Å². The largest absolute Gasteiger partial charge is 0.493 e. The number of thioether (sulfide) groups is 1. The predicted molar refractivity (Wildman–Crippen MR) is 158 cm³/mol. The molecule has 5 rings (SSSR count). The highest BCUT2D eigenvalue weighted by Crippen LogP contribution is 2.45. The van der Waals surface area contributed by atoms with E-state index >= 15 is 0 Å². The maximum atomic E-state index is 13.3. The van der Waals surface area contributed by atoms with Crippen molar-refractivity contribution < 1.29 is 36.8 Å². The molecule has 1 aliphatic rings. The smallest absolute Gasteiger partial charge is 0.294 e. The van der Waals surface area contributed by atoms with E-state index in [2.05, 4.69) is 10.4 Å². The van der Waals surface area contributed by atoms with Gasteiger partial charge in [-0.25, -0.2) is 9.99 Å². The van der Waals surface area contributed by atoms with Crippen molar-refractivity contribution >= 4 is 44.6 Å². The third-order valence-electron chi connectivity index (χ3n) is 6.76. The van der Waals surface area contributed by atoms with Crippen LogP contribution in [0.25, 0.3) is 16.6 Å². The fraction of sp³-hybridized carbons (Fsp3) is 0.214. The minimum absolute atomic E-state index is 0.00887. The molecule has 1 fully saturated rings. The number of nitrogens with one attached hydrogen (secondary N) is 1. The van der Waals surface area contributed by atoms with Crippen LogP contribution in [0, 0.1) is 6.92 Å². The third kappa shape index (κ3) is 5.61. The second-order valence-electron chi connectivity index (χ2n) is 9.33. The average molecular weight is 627 g/mol. The van der Waals surface area contributed by atoms with Gasteiger partial charge in [0.1, 0.15) is 11.2 Å². The van der Waals surface area contributed by atoms with Gasteiger partial charge in [0.15, 0.2) is 11.5 Å². The van der Waals surface area contributed by atoms with Gasteiger partial charge in [-0.3, -0.25) is 28.9 Å². The first-order chi connectivity index (χ1) is 20.5. The van der Waals surface area contributed by atoms with E-state index in [0.29, 0.717) is 34.3 Å². The number of fused-ring (bicyclic) bond motifs is 1. The van der Waals surface area contributed by atoms with Crippen molar-refractivity contribution in [3.05, 3.63) is 81.9 Å². The summed E-state index contributed by atoms with van der Waals surface area (Å²) in [5.41, 5.74) is 3.61. The maximum Gasteiger partial charge on any atom is 0.294 e. The second-order valence-corrected chi connectivity index (χ2v) is 11.8. The lowest BCUT2D eigenvalue weighted by Crippen LogP contribution is -2.44. The molecule has 0 saturated carbocycles. The summed E-state index contributed by atoms with van der Waals surface area (Å²) in [6, 6.07) is 13.0.